The summed E-state index contributed by atoms with van der Waals surface area (Å²) >= 11 is 6.27. The van der Waals surface area contributed by atoms with Gasteiger partial charge in [-0.3, -0.25) is 4.68 Å². The van der Waals surface area contributed by atoms with Gasteiger partial charge in [0.25, 0.3) is 0 Å². The molecule has 5 heteroatoms. The van der Waals surface area contributed by atoms with Crippen LogP contribution < -0.4 is 5.32 Å². The molecule has 0 saturated carbocycles. The highest BCUT2D eigenvalue weighted by Gasteiger charge is 2.06. The molecule has 0 unspecified atom stereocenters. The quantitative estimate of drug-likeness (QED) is 0.798. The minimum Gasteiger partial charge on any atom is -0.383 e. The molecule has 0 amide bonds. The van der Waals surface area contributed by atoms with E-state index in [4.69, 9.17) is 16.3 Å². The van der Waals surface area contributed by atoms with Crippen LogP contribution in [-0.4, -0.2) is 30.0 Å². The van der Waals surface area contributed by atoms with E-state index < -0.39 is 0 Å². The van der Waals surface area contributed by atoms with E-state index in [2.05, 4.69) is 22.5 Å². The molecule has 0 fully saturated rings. The highest BCUT2D eigenvalue weighted by Crippen LogP contribution is 2.19. The first-order chi connectivity index (χ1) is 9.70. The summed E-state index contributed by atoms with van der Waals surface area (Å²) < 4.78 is 6.98. The van der Waals surface area contributed by atoms with Gasteiger partial charge in [0, 0.05) is 31.4 Å². The second-order valence-corrected chi connectivity index (χ2v) is 5.15. The molecule has 0 radical (unpaired) electrons. The summed E-state index contributed by atoms with van der Waals surface area (Å²) in [5.74, 6) is 0. The van der Waals surface area contributed by atoms with E-state index in [-0.39, 0.29) is 0 Å². The zero-order valence-corrected chi connectivity index (χ0v) is 12.7. The Bertz CT molecular complexity index is 554. The van der Waals surface area contributed by atoms with Gasteiger partial charge in [0.15, 0.2) is 0 Å². The molecule has 20 heavy (non-hydrogen) atoms. The number of methoxy groups -OCH3 is 1. The van der Waals surface area contributed by atoms with Crippen molar-refractivity contribution in [3.05, 3.63) is 52.3 Å². The summed E-state index contributed by atoms with van der Waals surface area (Å²) in [4.78, 5) is 0. The predicted octanol–water partition coefficient (Wildman–Crippen LogP) is 2.63. The standard InChI is InChI=1S/C15H20ClN3O/c1-12-3-4-13(15(16)9-12)11-19-14(5-6-18-19)10-17-7-8-20-2/h3-6,9,17H,7-8,10-11H2,1-2H3. The number of aryl methyl sites for hydroxylation is 1. The molecule has 0 saturated heterocycles. The number of benzene rings is 1. The lowest BCUT2D eigenvalue weighted by Crippen LogP contribution is -2.21. The van der Waals surface area contributed by atoms with Crippen molar-refractivity contribution in [1.82, 2.24) is 15.1 Å². The van der Waals surface area contributed by atoms with Crippen LogP contribution in [0.5, 0.6) is 0 Å². The van der Waals surface area contributed by atoms with E-state index in [0.717, 1.165) is 29.4 Å². The van der Waals surface area contributed by atoms with Crippen LogP contribution in [0.4, 0.5) is 0 Å². The van der Waals surface area contributed by atoms with E-state index in [1.165, 1.54) is 5.56 Å². The number of rotatable bonds is 7. The van der Waals surface area contributed by atoms with Gasteiger partial charge in [0.1, 0.15) is 0 Å². The maximum absolute atomic E-state index is 6.27. The molecule has 1 N–H and O–H groups in total. The van der Waals surface area contributed by atoms with E-state index >= 15 is 0 Å². The van der Waals surface area contributed by atoms with Crippen LogP contribution >= 0.6 is 11.6 Å². The van der Waals surface area contributed by atoms with Crippen molar-refractivity contribution in [2.24, 2.45) is 0 Å². The van der Waals surface area contributed by atoms with Gasteiger partial charge < -0.3 is 10.1 Å². The Labute approximate surface area is 124 Å². The molecule has 1 aromatic carbocycles. The van der Waals surface area contributed by atoms with Gasteiger partial charge >= 0.3 is 0 Å². The SMILES string of the molecule is COCCNCc1ccnn1Cc1ccc(C)cc1Cl. The van der Waals surface area contributed by atoms with Crippen molar-refractivity contribution in [3.63, 3.8) is 0 Å². The molecule has 0 aliphatic heterocycles. The van der Waals surface area contributed by atoms with Gasteiger partial charge in [-0.05, 0) is 30.2 Å². The molecule has 0 aliphatic rings. The molecule has 0 bridgehead atoms. The van der Waals surface area contributed by atoms with Crippen molar-refractivity contribution < 1.29 is 4.74 Å². The van der Waals surface area contributed by atoms with Gasteiger partial charge in [-0.2, -0.15) is 5.10 Å². The number of hydrogen-bond donors (Lipinski definition) is 1. The molecule has 0 atom stereocenters. The molecule has 1 aromatic heterocycles. The maximum Gasteiger partial charge on any atom is 0.0677 e. The fourth-order valence-corrected chi connectivity index (χ4v) is 2.28. The van der Waals surface area contributed by atoms with Crippen molar-refractivity contribution in [1.29, 1.82) is 0 Å². The predicted molar refractivity (Wildman–Crippen MR) is 81.1 cm³/mol. The monoisotopic (exact) mass is 293 g/mol. The molecular formula is C15H20ClN3O. The lowest BCUT2D eigenvalue weighted by Gasteiger charge is -2.10. The molecule has 2 aromatic rings. The Morgan fingerprint density at radius 2 is 2.20 bits per heavy atom. The van der Waals surface area contributed by atoms with Crippen LogP contribution in [0.3, 0.4) is 0 Å². The molecule has 108 valence electrons. The topological polar surface area (TPSA) is 39.1 Å². The number of aromatic nitrogens is 2. The van der Waals surface area contributed by atoms with Crippen molar-refractivity contribution in [2.75, 3.05) is 20.3 Å². The fourth-order valence-electron chi connectivity index (χ4n) is 1.99. The minimum absolute atomic E-state index is 0.688. The number of ether oxygens (including phenoxy) is 1. The third-order valence-electron chi connectivity index (χ3n) is 3.12. The summed E-state index contributed by atoms with van der Waals surface area (Å²) in [7, 11) is 1.70. The zero-order valence-electron chi connectivity index (χ0n) is 11.9. The highest BCUT2D eigenvalue weighted by atomic mass is 35.5. The van der Waals surface area contributed by atoms with Crippen molar-refractivity contribution in [3.8, 4) is 0 Å². The largest absolute Gasteiger partial charge is 0.383 e. The highest BCUT2D eigenvalue weighted by molar-refractivity contribution is 6.31. The molecule has 4 nitrogen and oxygen atoms in total. The zero-order chi connectivity index (χ0) is 14.4. The summed E-state index contributed by atoms with van der Waals surface area (Å²) in [6.07, 6.45) is 1.81. The average Bonchev–Trinajstić information content (AvgIpc) is 2.85. The minimum atomic E-state index is 0.688. The Balaban J connectivity index is 2.01. The summed E-state index contributed by atoms with van der Waals surface area (Å²) in [6, 6.07) is 8.13. The van der Waals surface area contributed by atoms with Gasteiger partial charge in [-0.25, -0.2) is 0 Å². The second-order valence-electron chi connectivity index (χ2n) is 4.74. The van der Waals surface area contributed by atoms with Gasteiger partial charge in [-0.15, -0.1) is 0 Å². The summed E-state index contributed by atoms with van der Waals surface area (Å²) in [5.41, 5.74) is 3.39. The Hall–Kier alpha value is -1.36. The maximum atomic E-state index is 6.27. The van der Waals surface area contributed by atoms with Gasteiger partial charge in [0.05, 0.1) is 18.8 Å². The number of nitrogens with zero attached hydrogens (tertiary/aromatic N) is 2. The van der Waals surface area contributed by atoms with Crippen LogP contribution in [-0.2, 0) is 17.8 Å². The summed E-state index contributed by atoms with van der Waals surface area (Å²) in [5, 5.41) is 8.47. The smallest absolute Gasteiger partial charge is 0.0677 e. The van der Waals surface area contributed by atoms with Gasteiger partial charge in [0.2, 0.25) is 0 Å². The van der Waals surface area contributed by atoms with E-state index in [1.807, 2.05) is 29.9 Å². The number of hydrogen-bond acceptors (Lipinski definition) is 3. The molecule has 0 aliphatic carbocycles. The lowest BCUT2D eigenvalue weighted by molar-refractivity contribution is 0.199. The molecule has 1 heterocycles. The Kier molecular flexibility index (Phi) is 5.59. The third-order valence-corrected chi connectivity index (χ3v) is 3.47. The Morgan fingerprint density at radius 1 is 1.35 bits per heavy atom. The lowest BCUT2D eigenvalue weighted by atomic mass is 10.1. The first kappa shape index (κ1) is 15.0. The molecule has 0 spiro atoms. The summed E-state index contributed by atoms with van der Waals surface area (Å²) in [6.45, 7) is 5.03. The van der Waals surface area contributed by atoms with Crippen molar-refractivity contribution in [2.45, 2.75) is 20.0 Å². The van der Waals surface area contributed by atoms with Crippen LogP contribution in [0.15, 0.2) is 30.5 Å². The van der Waals surface area contributed by atoms with Crippen molar-refractivity contribution >= 4 is 11.6 Å². The van der Waals surface area contributed by atoms with E-state index in [9.17, 15) is 0 Å². The second kappa shape index (κ2) is 7.43. The average molecular weight is 294 g/mol. The van der Waals surface area contributed by atoms with Crippen LogP contribution in [0, 0.1) is 6.92 Å². The number of halogens is 1. The first-order valence-electron chi connectivity index (χ1n) is 6.66. The third kappa shape index (κ3) is 4.07. The molecule has 2 rings (SSSR count). The van der Waals surface area contributed by atoms with E-state index in [1.54, 1.807) is 7.11 Å². The van der Waals surface area contributed by atoms with Gasteiger partial charge in [-0.1, -0.05) is 23.7 Å². The first-order valence-corrected chi connectivity index (χ1v) is 7.04. The van der Waals surface area contributed by atoms with Crippen LogP contribution in [0.1, 0.15) is 16.8 Å². The van der Waals surface area contributed by atoms with Crippen LogP contribution in [0.25, 0.3) is 0 Å². The number of nitrogens with one attached hydrogen (secondary N) is 1. The fraction of sp³-hybridized carbons (Fsp3) is 0.400. The molecular weight excluding hydrogens is 274 g/mol. The van der Waals surface area contributed by atoms with E-state index in [0.29, 0.717) is 13.2 Å². The van der Waals surface area contributed by atoms with Crippen LogP contribution in [0.2, 0.25) is 5.02 Å². The Morgan fingerprint density at radius 3 is 2.95 bits per heavy atom. The normalized spacial score (nSPS) is 10.9.